The monoisotopic (exact) mass is 251 g/mol. The molecule has 0 aromatic heterocycles. The number of rotatable bonds is 1. The minimum atomic E-state index is -0.280. The molecule has 3 atom stereocenters. The van der Waals surface area contributed by atoms with E-state index in [0.29, 0.717) is 19.1 Å². The standard InChI is InChI=1S/C14H21NO3/c15-9-13(3-1-5-16-10-13)12-2-6-18-14(8-12)4-7-17-11-14/h12H,1-8,10-11H2. The minimum Gasteiger partial charge on any atom is -0.380 e. The van der Waals surface area contributed by atoms with E-state index in [2.05, 4.69) is 6.07 Å². The summed E-state index contributed by atoms with van der Waals surface area (Å²) in [4.78, 5) is 0. The molecular weight excluding hydrogens is 230 g/mol. The van der Waals surface area contributed by atoms with Crippen LogP contribution in [0, 0.1) is 22.7 Å². The van der Waals surface area contributed by atoms with Gasteiger partial charge in [-0.15, -0.1) is 0 Å². The summed E-state index contributed by atoms with van der Waals surface area (Å²) in [6, 6.07) is 2.57. The summed E-state index contributed by atoms with van der Waals surface area (Å²) >= 11 is 0. The van der Waals surface area contributed by atoms with Gasteiger partial charge in [0.2, 0.25) is 0 Å². The Hall–Kier alpha value is -0.630. The Labute approximate surface area is 108 Å². The third-order valence-electron chi connectivity index (χ3n) is 4.84. The van der Waals surface area contributed by atoms with Gasteiger partial charge in [-0.05, 0) is 31.6 Å². The van der Waals surface area contributed by atoms with Gasteiger partial charge in [-0.25, -0.2) is 0 Å². The van der Waals surface area contributed by atoms with E-state index < -0.39 is 0 Å². The van der Waals surface area contributed by atoms with Crippen molar-refractivity contribution in [3.63, 3.8) is 0 Å². The minimum absolute atomic E-state index is 0.107. The van der Waals surface area contributed by atoms with Gasteiger partial charge in [0.15, 0.2) is 0 Å². The average molecular weight is 251 g/mol. The van der Waals surface area contributed by atoms with Gasteiger partial charge in [-0.1, -0.05) is 0 Å². The molecule has 0 radical (unpaired) electrons. The van der Waals surface area contributed by atoms with Crippen LogP contribution in [-0.4, -0.2) is 38.6 Å². The summed E-state index contributed by atoms with van der Waals surface area (Å²) in [7, 11) is 0. The highest BCUT2D eigenvalue weighted by Crippen LogP contribution is 2.46. The highest BCUT2D eigenvalue weighted by Gasteiger charge is 2.49. The normalized spacial score (nSPS) is 44.9. The molecule has 0 aromatic rings. The summed E-state index contributed by atoms with van der Waals surface area (Å²) in [5.41, 5.74) is -0.387. The highest BCUT2D eigenvalue weighted by molar-refractivity contribution is 5.07. The lowest BCUT2D eigenvalue weighted by Crippen LogP contribution is -2.48. The van der Waals surface area contributed by atoms with Crippen LogP contribution in [0.4, 0.5) is 0 Å². The van der Waals surface area contributed by atoms with Gasteiger partial charge in [-0.3, -0.25) is 0 Å². The molecule has 3 aliphatic rings. The molecule has 18 heavy (non-hydrogen) atoms. The quantitative estimate of drug-likeness (QED) is 0.714. The van der Waals surface area contributed by atoms with Crippen molar-refractivity contribution in [2.45, 2.75) is 37.7 Å². The SMILES string of the molecule is N#CC1(C2CCOC3(CCOC3)C2)CCCOC1. The second-order valence-electron chi connectivity index (χ2n) is 5.95. The molecule has 0 amide bonds. The van der Waals surface area contributed by atoms with Crippen LogP contribution in [0.1, 0.15) is 32.1 Å². The van der Waals surface area contributed by atoms with E-state index in [0.717, 1.165) is 51.9 Å². The lowest BCUT2D eigenvalue weighted by molar-refractivity contribution is -0.128. The molecule has 0 aliphatic carbocycles. The van der Waals surface area contributed by atoms with Crippen LogP contribution in [0.25, 0.3) is 0 Å². The van der Waals surface area contributed by atoms with Crippen molar-refractivity contribution in [3.8, 4) is 6.07 Å². The van der Waals surface area contributed by atoms with Crippen LogP contribution >= 0.6 is 0 Å². The second kappa shape index (κ2) is 4.80. The molecule has 0 saturated carbocycles. The zero-order valence-corrected chi connectivity index (χ0v) is 10.8. The Morgan fingerprint density at radius 2 is 1.94 bits per heavy atom. The fourth-order valence-electron chi connectivity index (χ4n) is 3.68. The summed E-state index contributed by atoms with van der Waals surface area (Å²) in [6.45, 7) is 3.66. The summed E-state index contributed by atoms with van der Waals surface area (Å²) < 4.78 is 17.0. The van der Waals surface area contributed by atoms with E-state index in [1.54, 1.807) is 0 Å². The molecule has 1 spiro atoms. The molecule has 4 heteroatoms. The maximum Gasteiger partial charge on any atom is 0.0939 e. The number of hydrogen-bond donors (Lipinski definition) is 0. The number of nitriles is 1. The third-order valence-corrected chi connectivity index (χ3v) is 4.84. The van der Waals surface area contributed by atoms with E-state index in [9.17, 15) is 5.26 Å². The summed E-state index contributed by atoms with van der Waals surface area (Å²) in [5.74, 6) is 0.401. The molecule has 100 valence electrons. The lowest BCUT2D eigenvalue weighted by atomic mass is 9.66. The first-order chi connectivity index (χ1) is 8.79. The Bertz CT molecular complexity index is 337. The van der Waals surface area contributed by atoms with Gasteiger partial charge >= 0.3 is 0 Å². The van der Waals surface area contributed by atoms with Crippen molar-refractivity contribution in [1.82, 2.24) is 0 Å². The predicted octanol–water partition coefficient (Wildman–Crippen LogP) is 1.89. The molecular formula is C14H21NO3. The van der Waals surface area contributed by atoms with Gasteiger partial charge < -0.3 is 14.2 Å². The van der Waals surface area contributed by atoms with Crippen molar-refractivity contribution in [2.24, 2.45) is 11.3 Å². The van der Waals surface area contributed by atoms with Crippen LogP contribution in [-0.2, 0) is 14.2 Å². The molecule has 3 rings (SSSR count). The zero-order valence-electron chi connectivity index (χ0n) is 10.8. The van der Waals surface area contributed by atoms with Gasteiger partial charge in [0.1, 0.15) is 0 Å². The van der Waals surface area contributed by atoms with Crippen LogP contribution < -0.4 is 0 Å². The van der Waals surface area contributed by atoms with E-state index in [4.69, 9.17) is 14.2 Å². The zero-order chi connectivity index (χ0) is 12.5. The van der Waals surface area contributed by atoms with Crippen molar-refractivity contribution in [2.75, 3.05) is 33.0 Å². The van der Waals surface area contributed by atoms with Gasteiger partial charge in [0.25, 0.3) is 0 Å². The fraction of sp³-hybridized carbons (Fsp3) is 0.929. The predicted molar refractivity (Wildman–Crippen MR) is 64.9 cm³/mol. The highest BCUT2D eigenvalue weighted by atomic mass is 16.6. The largest absolute Gasteiger partial charge is 0.380 e. The Kier molecular flexibility index (Phi) is 3.31. The molecule has 0 N–H and O–H groups in total. The molecule has 3 fully saturated rings. The van der Waals surface area contributed by atoms with Gasteiger partial charge in [0, 0.05) is 26.2 Å². The first-order valence-electron chi connectivity index (χ1n) is 6.99. The Morgan fingerprint density at radius 1 is 1.06 bits per heavy atom. The topological polar surface area (TPSA) is 51.5 Å². The number of ether oxygens (including phenoxy) is 3. The molecule has 3 saturated heterocycles. The maximum absolute atomic E-state index is 9.62. The average Bonchev–Trinajstić information content (AvgIpc) is 2.87. The first-order valence-corrected chi connectivity index (χ1v) is 6.99. The molecule has 3 aliphatic heterocycles. The second-order valence-corrected chi connectivity index (χ2v) is 5.95. The molecule has 0 aromatic carbocycles. The molecule has 4 nitrogen and oxygen atoms in total. The lowest BCUT2D eigenvalue weighted by Gasteiger charge is -2.45. The Balaban J connectivity index is 1.76. The summed E-state index contributed by atoms with van der Waals surface area (Å²) in [5, 5.41) is 9.62. The number of hydrogen-bond acceptors (Lipinski definition) is 4. The van der Waals surface area contributed by atoms with Gasteiger partial charge in [0.05, 0.1) is 30.3 Å². The van der Waals surface area contributed by atoms with Crippen molar-refractivity contribution < 1.29 is 14.2 Å². The van der Waals surface area contributed by atoms with E-state index in [1.165, 1.54) is 0 Å². The number of nitrogens with zero attached hydrogens (tertiary/aromatic N) is 1. The van der Waals surface area contributed by atoms with Crippen molar-refractivity contribution in [3.05, 3.63) is 0 Å². The van der Waals surface area contributed by atoms with Crippen LogP contribution in [0.2, 0.25) is 0 Å². The van der Waals surface area contributed by atoms with Crippen molar-refractivity contribution in [1.29, 1.82) is 5.26 Å². The fourth-order valence-corrected chi connectivity index (χ4v) is 3.68. The molecule has 3 unspecified atom stereocenters. The first kappa shape index (κ1) is 12.4. The third kappa shape index (κ3) is 2.05. The smallest absolute Gasteiger partial charge is 0.0939 e. The van der Waals surface area contributed by atoms with Crippen LogP contribution in [0.3, 0.4) is 0 Å². The Morgan fingerprint density at radius 3 is 2.61 bits per heavy atom. The van der Waals surface area contributed by atoms with E-state index in [1.807, 2.05) is 0 Å². The summed E-state index contributed by atoms with van der Waals surface area (Å²) in [6.07, 6.45) is 4.91. The van der Waals surface area contributed by atoms with E-state index >= 15 is 0 Å². The maximum atomic E-state index is 9.62. The van der Waals surface area contributed by atoms with Crippen LogP contribution in [0.15, 0.2) is 0 Å². The van der Waals surface area contributed by atoms with E-state index in [-0.39, 0.29) is 11.0 Å². The van der Waals surface area contributed by atoms with Crippen molar-refractivity contribution >= 4 is 0 Å². The van der Waals surface area contributed by atoms with Crippen LogP contribution in [0.5, 0.6) is 0 Å². The molecule has 3 heterocycles. The van der Waals surface area contributed by atoms with Gasteiger partial charge in [-0.2, -0.15) is 5.26 Å². The molecule has 0 bridgehead atoms.